The van der Waals surface area contributed by atoms with Gasteiger partial charge in [0.2, 0.25) is 0 Å². The lowest BCUT2D eigenvalue weighted by atomic mass is 9.92. The molecule has 0 spiro atoms. The Morgan fingerprint density at radius 1 is 1.00 bits per heavy atom. The topological polar surface area (TPSA) is 15.3 Å². The van der Waals surface area contributed by atoms with Crippen molar-refractivity contribution in [2.24, 2.45) is 0 Å². The van der Waals surface area contributed by atoms with Gasteiger partial charge < -0.3 is 5.32 Å². The van der Waals surface area contributed by atoms with Gasteiger partial charge in [-0.3, -0.25) is 4.90 Å². The van der Waals surface area contributed by atoms with E-state index in [9.17, 15) is 0 Å². The van der Waals surface area contributed by atoms with Gasteiger partial charge in [-0.15, -0.1) is 0 Å². The summed E-state index contributed by atoms with van der Waals surface area (Å²) in [5.41, 5.74) is 0. The van der Waals surface area contributed by atoms with Gasteiger partial charge in [-0.2, -0.15) is 0 Å². The molecule has 1 saturated carbocycles. The molecule has 1 aliphatic carbocycles. The molecule has 0 aromatic rings. The van der Waals surface area contributed by atoms with Crippen molar-refractivity contribution in [3.8, 4) is 0 Å². The lowest BCUT2D eigenvalue weighted by Crippen LogP contribution is -2.49. The summed E-state index contributed by atoms with van der Waals surface area (Å²) in [6.07, 6.45) is 10.1. The predicted octanol–water partition coefficient (Wildman–Crippen LogP) is 2.00. The van der Waals surface area contributed by atoms with E-state index < -0.39 is 0 Å². The quantitative estimate of drug-likeness (QED) is 0.727. The minimum Gasteiger partial charge on any atom is -0.316 e. The standard InChI is InChI=1S/C12H24N2/c1-13-11-6-5-9-14(10-11)12-7-3-2-4-8-12/h11-13H,2-10H2,1H3. The van der Waals surface area contributed by atoms with Crippen LogP contribution in [0.5, 0.6) is 0 Å². The summed E-state index contributed by atoms with van der Waals surface area (Å²) >= 11 is 0. The highest BCUT2D eigenvalue weighted by Crippen LogP contribution is 2.25. The summed E-state index contributed by atoms with van der Waals surface area (Å²) in [6, 6.07) is 1.67. The molecule has 1 N–H and O–H groups in total. The smallest absolute Gasteiger partial charge is 0.0192 e. The van der Waals surface area contributed by atoms with Crippen LogP contribution < -0.4 is 5.32 Å². The van der Waals surface area contributed by atoms with Gasteiger partial charge >= 0.3 is 0 Å². The number of hydrogen-bond acceptors (Lipinski definition) is 2. The summed E-state index contributed by atoms with van der Waals surface area (Å²) in [5.74, 6) is 0. The van der Waals surface area contributed by atoms with E-state index in [-0.39, 0.29) is 0 Å². The lowest BCUT2D eigenvalue weighted by molar-refractivity contribution is 0.112. The molecule has 2 nitrogen and oxygen atoms in total. The van der Waals surface area contributed by atoms with E-state index in [1.807, 2.05) is 0 Å². The number of likely N-dealkylation sites (tertiary alicyclic amines) is 1. The molecule has 0 amide bonds. The zero-order chi connectivity index (χ0) is 9.80. The van der Waals surface area contributed by atoms with Crippen LogP contribution in [0.4, 0.5) is 0 Å². The maximum absolute atomic E-state index is 3.43. The largest absolute Gasteiger partial charge is 0.316 e. The van der Waals surface area contributed by atoms with E-state index >= 15 is 0 Å². The molecule has 0 aromatic heterocycles. The summed E-state index contributed by atoms with van der Waals surface area (Å²) < 4.78 is 0. The Morgan fingerprint density at radius 3 is 2.50 bits per heavy atom. The van der Waals surface area contributed by atoms with Crippen LogP contribution in [-0.2, 0) is 0 Å². The van der Waals surface area contributed by atoms with Gasteiger partial charge in [0.15, 0.2) is 0 Å². The Balaban J connectivity index is 1.83. The Labute approximate surface area is 88.1 Å². The third kappa shape index (κ3) is 2.48. The van der Waals surface area contributed by atoms with Crippen molar-refractivity contribution in [3.63, 3.8) is 0 Å². The number of nitrogens with one attached hydrogen (secondary N) is 1. The maximum Gasteiger partial charge on any atom is 0.0192 e. The van der Waals surface area contributed by atoms with E-state index in [0.717, 1.165) is 12.1 Å². The molecule has 0 bridgehead atoms. The molecule has 1 unspecified atom stereocenters. The summed E-state index contributed by atoms with van der Waals surface area (Å²) in [6.45, 7) is 2.64. The lowest BCUT2D eigenvalue weighted by Gasteiger charge is -2.39. The molecule has 14 heavy (non-hydrogen) atoms. The van der Waals surface area contributed by atoms with E-state index in [1.165, 1.54) is 58.0 Å². The Morgan fingerprint density at radius 2 is 1.79 bits per heavy atom. The highest BCUT2D eigenvalue weighted by atomic mass is 15.2. The molecule has 1 heterocycles. The molecule has 2 heteroatoms. The second-order valence-electron chi connectivity index (χ2n) is 4.91. The number of likely N-dealkylation sites (N-methyl/N-ethyl adjacent to an activating group) is 1. The fourth-order valence-electron chi connectivity index (χ4n) is 3.02. The second-order valence-corrected chi connectivity index (χ2v) is 4.91. The van der Waals surface area contributed by atoms with E-state index in [0.29, 0.717) is 0 Å². The van der Waals surface area contributed by atoms with E-state index in [4.69, 9.17) is 0 Å². The Bertz CT molecular complexity index is 164. The Kier molecular flexibility index (Phi) is 3.82. The molecule has 2 aliphatic rings. The summed E-state index contributed by atoms with van der Waals surface area (Å²) in [5, 5.41) is 3.43. The van der Waals surface area contributed by atoms with Crippen LogP contribution in [0.15, 0.2) is 0 Å². The van der Waals surface area contributed by atoms with Gasteiger partial charge in [0.05, 0.1) is 0 Å². The fraction of sp³-hybridized carbons (Fsp3) is 1.00. The van der Waals surface area contributed by atoms with Crippen LogP contribution in [0.3, 0.4) is 0 Å². The molecule has 2 fully saturated rings. The van der Waals surface area contributed by atoms with Gasteiger partial charge in [-0.1, -0.05) is 19.3 Å². The van der Waals surface area contributed by atoms with Crippen LogP contribution in [0.2, 0.25) is 0 Å². The van der Waals surface area contributed by atoms with Crippen molar-refractivity contribution in [2.45, 2.75) is 57.0 Å². The molecule has 2 rings (SSSR count). The summed E-state index contributed by atoms with van der Waals surface area (Å²) in [4.78, 5) is 2.74. The highest BCUT2D eigenvalue weighted by molar-refractivity contribution is 4.83. The normalized spacial score (nSPS) is 31.9. The van der Waals surface area contributed by atoms with Gasteiger partial charge in [0.25, 0.3) is 0 Å². The van der Waals surface area contributed by atoms with Gasteiger partial charge in [0.1, 0.15) is 0 Å². The first kappa shape index (κ1) is 10.4. The molecule has 0 radical (unpaired) electrons. The van der Waals surface area contributed by atoms with Crippen molar-refractivity contribution in [3.05, 3.63) is 0 Å². The van der Waals surface area contributed by atoms with Gasteiger partial charge in [-0.25, -0.2) is 0 Å². The van der Waals surface area contributed by atoms with E-state index in [1.54, 1.807) is 0 Å². The van der Waals surface area contributed by atoms with Crippen LogP contribution in [0.1, 0.15) is 44.9 Å². The number of nitrogens with zero attached hydrogens (tertiary/aromatic N) is 1. The molecule has 0 aromatic carbocycles. The molecule has 1 aliphatic heterocycles. The molecular formula is C12H24N2. The van der Waals surface area contributed by atoms with Crippen LogP contribution in [-0.4, -0.2) is 37.1 Å². The van der Waals surface area contributed by atoms with E-state index in [2.05, 4.69) is 17.3 Å². The third-order valence-corrected chi connectivity index (χ3v) is 3.95. The minimum absolute atomic E-state index is 0.755. The van der Waals surface area contributed by atoms with Crippen LogP contribution >= 0.6 is 0 Å². The van der Waals surface area contributed by atoms with Crippen LogP contribution in [0, 0.1) is 0 Å². The first-order valence-corrected chi connectivity index (χ1v) is 6.31. The van der Waals surface area contributed by atoms with Crippen molar-refractivity contribution in [1.29, 1.82) is 0 Å². The molecular weight excluding hydrogens is 172 g/mol. The average Bonchev–Trinajstić information content (AvgIpc) is 2.30. The molecule has 1 atom stereocenters. The average molecular weight is 196 g/mol. The third-order valence-electron chi connectivity index (χ3n) is 3.95. The first-order chi connectivity index (χ1) is 6.90. The SMILES string of the molecule is CNC1CCCN(C2CCCCC2)C1. The zero-order valence-electron chi connectivity index (χ0n) is 9.47. The van der Waals surface area contributed by atoms with Gasteiger partial charge in [0, 0.05) is 18.6 Å². The summed E-state index contributed by atoms with van der Waals surface area (Å²) in [7, 11) is 2.11. The van der Waals surface area contributed by atoms with Gasteiger partial charge in [-0.05, 0) is 39.3 Å². The number of hydrogen-bond donors (Lipinski definition) is 1. The van der Waals surface area contributed by atoms with Crippen molar-refractivity contribution in [1.82, 2.24) is 10.2 Å². The van der Waals surface area contributed by atoms with Crippen molar-refractivity contribution >= 4 is 0 Å². The van der Waals surface area contributed by atoms with Crippen LogP contribution in [0.25, 0.3) is 0 Å². The first-order valence-electron chi connectivity index (χ1n) is 6.31. The zero-order valence-corrected chi connectivity index (χ0v) is 9.47. The van der Waals surface area contributed by atoms with Crippen molar-refractivity contribution < 1.29 is 0 Å². The number of piperidine rings is 1. The minimum atomic E-state index is 0.755. The fourth-order valence-corrected chi connectivity index (χ4v) is 3.02. The monoisotopic (exact) mass is 196 g/mol. The maximum atomic E-state index is 3.43. The second kappa shape index (κ2) is 5.13. The highest BCUT2D eigenvalue weighted by Gasteiger charge is 2.25. The molecule has 82 valence electrons. The van der Waals surface area contributed by atoms with Crippen molar-refractivity contribution in [2.75, 3.05) is 20.1 Å². The Hall–Kier alpha value is -0.0800. The predicted molar refractivity (Wildman–Crippen MR) is 60.5 cm³/mol. The number of rotatable bonds is 2. The molecule has 1 saturated heterocycles.